The Morgan fingerprint density at radius 2 is 1.65 bits per heavy atom. The predicted molar refractivity (Wildman–Crippen MR) is 132 cm³/mol. The van der Waals surface area contributed by atoms with Crippen LogP contribution in [0, 0.1) is 6.92 Å². The predicted octanol–water partition coefficient (Wildman–Crippen LogP) is 3.75. The van der Waals surface area contributed by atoms with E-state index in [-0.39, 0.29) is 16.3 Å². The van der Waals surface area contributed by atoms with Crippen LogP contribution in [0.15, 0.2) is 82.8 Å². The number of nitrogens with zero attached hydrogens (tertiary/aromatic N) is 2. The van der Waals surface area contributed by atoms with E-state index in [0.717, 1.165) is 15.4 Å². The smallest absolute Gasteiger partial charge is 0.264 e. The fraction of sp³-hybridized carbons (Fsp3) is 0.200. The van der Waals surface area contributed by atoms with E-state index >= 15 is 0 Å². The number of benzene rings is 3. The molecule has 3 aromatic rings. The molecule has 3 aromatic carbocycles. The van der Waals surface area contributed by atoms with Crippen LogP contribution in [0.1, 0.15) is 18.1 Å². The molecule has 8 nitrogen and oxygen atoms in total. The van der Waals surface area contributed by atoms with E-state index in [4.69, 9.17) is 9.47 Å². The largest absolute Gasteiger partial charge is 0.497 e. The second-order valence-corrected chi connectivity index (χ2v) is 9.32. The first-order chi connectivity index (χ1) is 16.3. The average Bonchev–Trinajstić information content (AvgIpc) is 2.86. The fourth-order valence-corrected chi connectivity index (χ4v) is 4.63. The van der Waals surface area contributed by atoms with Gasteiger partial charge in [0, 0.05) is 6.07 Å². The summed E-state index contributed by atoms with van der Waals surface area (Å²) in [5.74, 6) is 0.0704. The molecule has 0 aliphatic rings. The van der Waals surface area contributed by atoms with Gasteiger partial charge in [-0.2, -0.15) is 5.10 Å². The summed E-state index contributed by atoms with van der Waals surface area (Å²) in [6.45, 7) is 3.21. The summed E-state index contributed by atoms with van der Waals surface area (Å²) in [5.41, 5.74) is 5.16. The molecule has 0 aliphatic carbocycles. The number of hydrogen-bond donors (Lipinski definition) is 1. The van der Waals surface area contributed by atoms with Crippen LogP contribution in [0.5, 0.6) is 11.5 Å². The van der Waals surface area contributed by atoms with Gasteiger partial charge in [0.15, 0.2) is 0 Å². The highest BCUT2D eigenvalue weighted by atomic mass is 32.2. The molecule has 0 aromatic heterocycles. The van der Waals surface area contributed by atoms with Crippen LogP contribution in [0.25, 0.3) is 0 Å². The Morgan fingerprint density at radius 1 is 0.971 bits per heavy atom. The molecule has 0 saturated carbocycles. The summed E-state index contributed by atoms with van der Waals surface area (Å²) in [5, 5.41) is 4.14. The topological polar surface area (TPSA) is 97.3 Å². The molecule has 0 atom stereocenters. The van der Waals surface area contributed by atoms with E-state index in [1.54, 1.807) is 37.3 Å². The minimum atomic E-state index is -4.11. The first-order valence-corrected chi connectivity index (χ1v) is 11.9. The third-order valence-corrected chi connectivity index (χ3v) is 6.86. The maximum atomic E-state index is 13.5. The molecule has 34 heavy (non-hydrogen) atoms. The van der Waals surface area contributed by atoms with Crippen molar-refractivity contribution in [2.75, 3.05) is 25.1 Å². The van der Waals surface area contributed by atoms with E-state index in [2.05, 4.69) is 10.5 Å². The van der Waals surface area contributed by atoms with E-state index in [1.165, 1.54) is 32.4 Å². The van der Waals surface area contributed by atoms with Gasteiger partial charge in [0.1, 0.15) is 18.0 Å². The van der Waals surface area contributed by atoms with Crippen molar-refractivity contribution >= 4 is 27.3 Å². The number of anilines is 1. The Balaban J connectivity index is 1.96. The Morgan fingerprint density at radius 3 is 2.26 bits per heavy atom. The Hall–Kier alpha value is -3.85. The van der Waals surface area contributed by atoms with Gasteiger partial charge in [-0.05, 0) is 43.7 Å². The molecule has 0 unspecified atom stereocenters. The first-order valence-electron chi connectivity index (χ1n) is 10.5. The second-order valence-electron chi connectivity index (χ2n) is 7.46. The van der Waals surface area contributed by atoms with Crippen LogP contribution in [0.2, 0.25) is 0 Å². The highest BCUT2D eigenvalue weighted by molar-refractivity contribution is 7.92. The average molecular weight is 482 g/mol. The molecule has 0 heterocycles. The van der Waals surface area contributed by atoms with Gasteiger partial charge in [-0.15, -0.1) is 0 Å². The zero-order valence-corrected chi connectivity index (χ0v) is 20.3. The monoisotopic (exact) mass is 481 g/mol. The molecule has 3 rings (SSSR count). The normalized spacial score (nSPS) is 11.6. The lowest BCUT2D eigenvalue weighted by molar-refractivity contribution is -0.119. The summed E-state index contributed by atoms with van der Waals surface area (Å²) in [6, 6.07) is 20.3. The molecule has 0 fully saturated rings. The Labute approximate surface area is 199 Å². The molecule has 1 amide bonds. The van der Waals surface area contributed by atoms with Gasteiger partial charge in [-0.1, -0.05) is 48.0 Å². The van der Waals surface area contributed by atoms with Gasteiger partial charge in [0.05, 0.1) is 30.5 Å². The van der Waals surface area contributed by atoms with Crippen molar-refractivity contribution in [3.8, 4) is 11.5 Å². The van der Waals surface area contributed by atoms with Crippen molar-refractivity contribution < 1.29 is 22.7 Å². The van der Waals surface area contributed by atoms with Gasteiger partial charge in [-0.3, -0.25) is 9.10 Å². The van der Waals surface area contributed by atoms with Crippen molar-refractivity contribution in [3.05, 3.63) is 83.9 Å². The Bertz CT molecular complexity index is 1270. The lowest BCUT2D eigenvalue weighted by atomic mass is 10.1. The standard InChI is InChI=1S/C25H27N3O5S/c1-18-10-12-20(13-11-18)19(2)26-27-25(29)17-28(34(30,31)22-8-6-5-7-9-22)23-16-21(32-3)14-15-24(23)33-4/h5-16H,17H2,1-4H3,(H,27,29)/b26-19-. The zero-order chi connectivity index (χ0) is 24.7. The third kappa shape index (κ3) is 5.74. The lowest BCUT2D eigenvalue weighted by Crippen LogP contribution is -2.40. The van der Waals surface area contributed by atoms with Crippen LogP contribution in [-0.4, -0.2) is 40.8 Å². The molecular formula is C25H27N3O5S. The van der Waals surface area contributed by atoms with Crippen molar-refractivity contribution in [1.29, 1.82) is 0 Å². The minimum Gasteiger partial charge on any atom is -0.497 e. The number of hydrogen-bond acceptors (Lipinski definition) is 6. The summed E-state index contributed by atoms with van der Waals surface area (Å²) in [4.78, 5) is 12.9. The second kappa shape index (κ2) is 10.8. The van der Waals surface area contributed by atoms with E-state index in [0.29, 0.717) is 11.5 Å². The number of hydrazone groups is 1. The SMILES string of the molecule is COc1ccc(OC)c(N(CC(=O)N/N=C(/C)c2ccc(C)cc2)S(=O)(=O)c2ccccc2)c1. The number of carbonyl (C=O) groups is 1. The van der Waals surface area contributed by atoms with Gasteiger partial charge >= 0.3 is 0 Å². The van der Waals surface area contributed by atoms with E-state index in [1.807, 2.05) is 31.2 Å². The van der Waals surface area contributed by atoms with Crippen LogP contribution < -0.4 is 19.2 Å². The number of amides is 1. The van der Waals surface area contributed by atoms with Crippen molar-refractivity contribution in [2.45, 2.75) is 18.7 Å². The summed E-state index contributed by atoms with van der Waals surface area (Å²) >= 11 is 0. The first kappa shape index (κ1) is 24.8. The maximum absolute atomic E-state index is 13.5. The number of rotatable bonds is 9. The van der Waals surface area contributed by atoms with Gasteiger partial charge in [-0.25, -0.2) is 13.8 Å². The number of nitrogens with one attached hydrogen (secondary N) is 1. The van der Waals surface area contributed by atoms with E-state index in [9.17, 15) is 13.2 Å². The minimum absolute atomic E-state index is 0.0343. The van der Waals surface area contributed by atoms with Crippen LogP contribution in [-0.2, 0) is 14.8 Å². The number of carbonyl (C=O) groups excluding carboxylic acids is 1. The quantitative estimate of drug-likeness (QED) is 0.371. The number of aryl methyl sites for hydroxylation is 1. The van der Waals surface area contributed by atoms with Gasteiger partial charge < -0.3 is 9.47 Å². The van der Waals surface area contributed by atoms with Gasteiger partial charge in [0.2, 0.25) is 0 Å². The number of sulfonamides is 1. The Kier molecular flexibility index (Phi) is 7.91. The van der Waals surface area contributed by atoms with E-state index < -0.39 is 22.5 Å². The van der Waals surface area contributed by atoms with Crippen LogP contribution in [0.4, 0.5) is 5.69 Å². The zero-order valence-electron chi connectivity index (χ0n) is 19.5. The number of ether oxygens (including phenoxy) is 2. The summed E-state index contributed by atoms with van der Waals surface area (Å²) in [7, 11) is -1.22. The molecule has 0 bridgehead atoms. The molecular weight excluding hydrogens is 454 g/mol. The van der Waals surface area contributed by atoms with Gasteiger partial charge in [0.25, 0.3) is 15.9 Å². The lowest BCUT2D eigenvalue weighted by Gasteiger charge is -2.25. The molecule has 1 N–H and O–H groups in total. The van der Waals surface area contributed by atoms with Crippen LogP contribution in [0.3, 0.4) is 0 Å². The summed E-state index contributed by atoms with van der Waals surface area (Å²) in [6.07, 6.45) is 0. The van der Waals surface area contributed by atoms with Crippen molar-refractivity contribution in [2.24, 2.45) is 5.10 Å². The fourth-order valence-electron chi connectivity index (χ4n) is 3.18. The van der Waals surface area contributed by atoms with Crippen LogP contribution >= 0.6 is 0 Å². The molecule has 9 heteroatoms. The third-order valence-electron chi connectivity index (χ3n) is 5.09. The molecule has 0 radical (unpaired) electrons. The molecule has 178 valence electrons. The number of methoxy groups -OCH3 is 2. The molecule has 0 saturated heterocycles. The molecule has 0 spiro atoms. The molecule has 0 aliphatic heterocycles. The van der Waals surface area contributed by atoms with Crippen molar-refractivity contribution in [3.63, 3.8) is 0 Å². The maximum Gasteiger partial charge on any atom is 0.264 e. The highest BCUT2D eigenvalue weighted by Gasteiger charge is 2.29. The highest BCUT2D eigenvalue weighted by Crippen LogP contribution is 2.35. The summed E-state index contributed by atoms with van der Waals surface area (Å²) < 4.78 is 38.7. The van der Waals surface area contributed by atoms with Crippen molar-refractivity contribution in [1.82, 2.24) is 5.43 Å².